The number of rotatable bonds is 6. The summed E-state index contributed by atoms with van der Waals surface area (Å²) in [6.45, 7) is 6.42. The van der Waals surface area contributed by atoms with Crippen molar-refractivity contribution < 1.29 is 4.74 Å². The molecule has 3 heterocycles. The molecule has 3 atom stereocenters. The van der Waals surface area contributed by atoms with E-state index in [0.717, 1.165) is 38.4 Å². The zero-order chi connectivity index (χ0) is 14.7. The number of nitrogens with zero attached hydrogens (tertiary/aromatic N) is 3. The van der Waals surface area contributed by atoms with E-state index in [1.165, 1.54) is 19.4 Å². The van der Waals surface area contributed by atoms with Crippen molar-refractivity contribution in [1.29, 1.82) is 0 Å². The molecule has 0 bridgehead atoms. The van der Waals surface area contributed by atoms with Crippen LogP contribution in [0.25, 0.3) is 0 Å². The highest BCUT2D eigenvalue weighted by Gasteiger charge is 2.35. The second-order valence-electron chi connectivity index (χ2n) is 6.32. The molecule has 21 heavy (non-hydrogen) atoms. The number of morpholine rings is 1. The molecule has 0 amide bonds. The zero-order valence-electron chi connectivity index (χ0n) is 13.3. The Bertz CT molecular complexity index is 447. The Balaban J connectivity index is 1.57. The molecule has 1 N–H and O–H groups in total. The molecular weight excluding hydrogens is 264 g/mol. The first-order valence-corrected chi connectivity index (χ1v) is 8.33. The minimum Gasteiger partial charge on any atom is -0.374 e. The summed E-state index contributed by atoms with van der Waals surface area (Å²) < 4.78 is 8.29. The number of aromatic nitrogens is 2. The lowest BCUT2D eigenvalue weighted by Crippen LogP contribution is -2.54. The lowest BCUT2D eigenvalue weighted by Gasteiger charge is -2.39. The Labute approximate surface area is 127 Å². The van der Waals surface area contributed by atoms with E-state index in [-0.39, 0.29) is 0 Å². The van der Waals surface area contributed by atoms with Crippen LogP contribution in [0.15, 0.2) is 12.4 Å². The Morgan fingerprint density at radius 3 is 3.19 bits per heavy atom. The number of fused-ring (bicyclic) bond motifs is 1. The first kappa shape index (κ1) is 15.0. The third-order valence-corrected chi connectivity index (χ3v) is 4.93. The molecule has 118 valence electrons. The lowest BCUT2D eigenvalue weighted by molar-refractivity contribution is -0.0654. The molecule has 5 heteroatoms. The first-order valence-electron chi connectivity index (χ1n) is 8.33. The fourth-order valence-corrected chi connectivity index (χ4v) is 3.69. The molecule has 2 fully saturated rings. The summed E-state index contributed by atoms with van der Waals surface area (Å²) in [7, 11) is 2.07. The maximum absolute atomic E-state index is 6.18. The van der Waals surface area contributed by atoms with E-state index in [2.05, 4.69) is 33.7 Å². The van der Waals surface area contributed by atoms with Crippen molar-refractivity contribution in [2.24, 2.45) is 7.05 Å². The van der Waals surface area contributed by atoms with Crippen LogP contribution in [-0.2, 0) is 18.2 Å². The number of nitrogens with one attached hydrogen (secondary N) is 1. The number of hydrogen-bond acceptors (Lipinski definition) is 4. The van der Waals surface area contributed by atoms with Gasteiger partial charge in [0.05, 0.1) is 12.7 Å². The molecule has 3 unspecified atom stereocenters. The Morgan fingerprint density at radius 1 is 1.52 bits per heavy atom. The van der Waals surface area contributed by atoms with E-state index < -0.39 is 0 Å². The molecule has 1 aromatic rings. The summed E-state index contributed by atoms with van der Waals surface area (Å²) in [5, 5.41) is 3.63. The highest BCUT2D eigenvalue weighted by molar-refractivity contribution is 4.95. The van der Waals surface area contributed by atoms with Gasteiger partial charge in [-0.15, -0.1) is 0 Å². The molecule has 0 saturated carbocycles. The van der Waals surface area contributed by atoms with Gasteiger partial charge in [-0.05, 0) is 32.4 Å². The zero-order valence-corrected chi connectivity index (χ0v) is 13.3. The van der Waals surface area contributed by atoms with Crippen LogP contribution in [0.4, 0.5) is 0 Å². The number of imidazole rings is 1. The van der Waals surface area contributed by atoms with Crippen molar-refractivity contribution in [1.82, 2.24) is 19.8 Å². The molecular formula is C16H28N4O. The van der Waals surface area contributed by atoms with Crippen molar-refractivity contribution in [3.8, 4) is 0 Å². The van der Waals surface area contributed by atoms with E-state index >= 15 is 0 Å². The number of aryl methyl sites for hydroxylation is 2. The van der Waals surface area contributed by atoms with Crippen molar-refractivity contribution in [2.75, 3.05) is 26.2 Å². The van der Waals surface area contributed by atoms with E-state index in [0.29, 0.717) is 18.2 Å². The third kappa shape index (κ3) is 3.47. The maximum atomic E-state index is 6.18. The average Bonchev–Trinajstić information content (AvgIpc) is 3.11. The largest absolute Gasteiger partial charge is 0.374 e. The number of ether oxygens (including phenoxy) is 1. The summed E-state index contributed by atoms with van der Waals surface area (Å²) >= 11 is 0. The number of likely N-dealkylation sites (N-methyl/N-ethyl adjacent to an activating group) is 1. The van der Waals surface area contributed by atoms with Crippen molar-refractivity contribution in [3.05, 3.63) is 18.2 Å². The van der Waals surface area contributed by atoms with Crippen LogP contribution >= 0.6 is 0 Å². The van der Waals surface area contributed by atoms with Gasteiger partial charge in [-0.1, -0.05) is 6.92 Å². The summed E-state index contributed by atoms with van der Waals surface area (Å²) in [5.41, 5.74) is 0. The molecule has 2 aliphatic heterocycles. The van der Waals surface area contributed by atoms with Gasteiger partial charge in [0.1, 0.15) is 5.82 Å². The normalized spacial score (nSPS) is 27.7. The molecule has 5 nitrogen and oxygen atoms in total. The lowest BCUT2D eigenvalue weighted by atomic mass is 10.0. The van der Waals surface area contributed by atoms with E-state index in [9.17, 15) is 0 Å². The fraction of sp³-hybridized carbons (Fsp3) is 0.812. The summed E-state index contributed by atoms with van der Waals surface area (Å²) in [6.07, 6.45) is 8.95. The van der Waals surface area contributed by atoms with Gasteiger partial charge in [-0.25, -0.2) is 4.98 Å². The average molecular weight is 292 g/mol. The van der Waals surface area contributed by atoms with E-state index in [1.54, 1.807) is 0 Å². The molecule has 2 saturated heterocycles. The molecule has 0 spiro atoms. The predicted octanol–water partition coefficient (Wildman–Crippen LogP) is 1.19. The van der Waals surface area contributed by atoms with Crippen molar-refractivity contribution >= 4 is 0 Å². The van der Waals surface area contributed by atoms with Crippen LogP contribution in [0.2, 0.25) is 0 Å². The molecule has 0 aliphatic carbocycles. The molecule has 0 radical (unpaired) electrons. The highest BCUT2D eigenvalue weighted by Crippen LogP contribution is 2.24. The van der Waals surface area contributed by atoms with Crippen LogP contribution < -0.4 is 5.32 Å². The van der Waals surface area contributed by atoms with Crippen LogP contribution in [0.3, 0.4) is 0 Å². The van der Waals surface area contributed by atoms with Gasteiger partial charge in [0.25, 0.3) is 0 Å². The molecule has 1 aromatic heterocycles. The second kappa shape index (κ2) is 6.90. The van der Waals surface area contributed by atoms with Gasteiger partial charge in [0.15, 0.2) is 0 Å². The topological polar surface area (TPSA) is 42.3 Å². The van der Waals surface area contributed by atoms with Gasteiger partial charge >= 0.3 is 0 Å². The minimum absolute atomic E-state index is 0.319. The van der Waals surface area contributed by atoms with Crippen molar-refractivity contribution in [2.45, 2.75) is 50.8 Å². The second-order valence-corrected chi connectivity index (χ2v) is 6.32. The maximum Gasteiger partial charge on any atom is 0.108 e. The molecule has 0 aromatic carbocycles. The highest BCUT2D eigenvalue weighted by atomic mass is 16.5. The van der Waals surface area contributed by atoms with Crippen LogP contribution in [0.1, 0.15) is 32.0 Å². The van der Waals surface area contributed by atoms with Gasteiger partial charge in [0.2, 0.25) is 0 Å². The Kier molecular flexibility index (Phi) is 4.93. The monoisotopic (exact) mass is 292 g/mol. The van der Waals surface area contributed by atoms with E-state index in [1.807, 2.05) is 12.4 Å². The quantitative estimate of drug-likeness (QED) is 0.855. The first-order chi connectivity index (χ1) is 10.3. The molecule has 3 rings (SSSR count). The van der Waals surface area contributed by atoms with Gasteiger partial charge in [-0.3, -0.25) is 4.90 Å². The van der Waals surface area contributed by atoms with Gasteiger partial charge < -0.3 is 14.6 Å². The van der Waals surface area contributed by atoms with Crippen LogP contribution in [0, 0.1) is 0 Å². The summed E-state index contributed by atoms with van der Waals surface area (Å²) in [4.78, 5) is 7.05. The van der Waals surface area contributed by atoms with Crippen LogP contribution in [-0.4, -0.2) is 58.9 Å². The van der Waals surface area contributed by atoms with Crippen LogP contribution in [0.5, 0.6) is 0 Å². The van der Waals surface area contributed by atoms with E-state index in [4.69, 9.17) is 4.74 Å². The summed E-state index contributed by atoms with van der Waals surface area (Å²) in [6, 6.07) is 1.10. The smallest absolute Gasteiger partial charge is 0.108 e. The Morgan fingerprint density at radius 2 is 2.43 bits per heavy atom. The van der Waals surface area contributed by atoms with Gasteiger partial charge in [-0.2, -0.15) is 0 Å². The predicted molar refractivity (Wildman–Crippen MR) is 83.3 cm³/mol. The third-order valence-electron chi connectivity index (χ3n) is 4.93. The standard InChI is InChI=1S/C16H28N4O/c1-3-17-14(6-7-16-18-8-10-19(16)2)15-11-20-9-4-5-13(20)12-21-15/h8,10,13-15,17H,3-7,9,11-12H2,1-2H3. The SMILES string of the molecule is CCNC(CCc1nccn1C)C1CN2CCCC2CO1. The molecule has 2 aliphatic rings. The summed E-state index contributed by atoms with van der Waals surface area (Å²) in [5.74, 6) is 1.16. The van der Waals surface area contributed by atoms with Gasteiger partial charge in [0, 0.05) is 44.5 Å². The number of hydrogen-bond donors (Lipinski definition) is 1. The fourth-order valence-electron chi connectivity index (χ4n) is 3.69. The minimum atomic E-state index is 0.319. The van der Waals surface area contributed by atoms with Crippen molar-refractivity contribution in [3.63, 3.8) is 0 Å². The Hall–Kier alpha value is -0.910.